The van der Waals surface area contributed by atoms with Crippen LogP contribution in [0.4, 0.5) is 8.78 Å². The van der Waals surface area contributed by atoms with Crippen LogP contribution in [-0.4, -0.2) is 81.1 Å². The molecule has 3 atom stereocenters. The normalized spacial score (nSPS) is 13.2. The Kier molecular flexibility index (Phi) is 13.7. The van der Waals surface area contributed by atoms with Crippen molar-refractivity contribution in [2.75, 3.05) is 19.7 Å². The van der Waals surface area contributed by atoms with Crippen molar-refractivity contribution in [3.63, 3.8) is 0 Å². The van der Waals surface area contributed by atoms with Crippen molar-refractivity contribution in [3.8, 4) is 11.1 Å². The standard InChI is InChI=1S/C35H44F2N6O7/c1-35(2,3)32(28-15-22(24-16-23(36)9-10-25(24)37)19-42(28)18-21-7-5-4-6-8-21)43(31(47)20-44)14-12-26(38)33(48)40-13-11-30(46)41-27(34(49)50)17-29(39)45/h4-10,15-16,19,26-27,32,44H,11-14,17-18,20,38H2,1-3H3,(H2,39,45)(H,40,48)(H,41,46)(H,49,50)/t26-,27-,32-/m0/s1. The molecule has 3 rings (SSSR count). The number of nitrogens with one attached hydrogen (secondary N) is 2. The van der Waals surface area contributed by atoms with Gasteiger partial charge in [0.2, 0.25) is 23.6 Å². The molecule has 8 N–H and O–H groups in total. The largest absolute Gasteiger partial charge is 0.480 e. The lowest BCUT2D eigenvalue weighted by Crippen LogP contribution is -2.48. The molecule has 4 amide bonds. The highest BCUT2D eigenvalue weighted by atomic mass is 19.1. The van der Waals surface area contributed by atoms with E-state index in [4.69, 9.17) is 16.6 Å². The molecule has 2 aromatic carbocycles. The van der Waals surface area contributed by atoms with Gasteiger partial charge in [0.05, 0.1) is 18.5 Å². The summed E-state index contributed by atoms with van der Waals surface area (Å²) in [6, 6.07) is 10.8. The molecule has 0 aliphatic rings. The number of carboxylic acid groups (broad SMARTS) is 1. The number of primary amides is 1. The predicted molar refractivity (Wildman–Crippen MR) is 180 cm³/mol. The Balaban J connectivity index is 1.85. The third-order valence-corrected chi connectivity index (χ3v) is 7.94. The lowest BCUT2D eigenvalue weighted by molar-refractivity contribution is -0.143. The first-order valence-electron chi connectivity index (χ1n) is 15.9. The molecule has 0 saturated heterocycles. The van der Waals surface area contributed by atoms with Crippen molar-refractivity contribution in [1.82, 2.24) is 20.1 Å². The van der Waals surface area contributed by atoms with Gasteiger partial charge < -0.3 is 41.8 Å². The second-order valence-electron chi connectivity index (χ2n) is 13.0. The van der Waals surface area contributed by atoms with Crippen LogP contribution >= 0.6 is 0 Å². The number of aliphatic carboxylic acids is 1. The zero-order valence-corrected chi connectivity index (χ0v) is 28.2. The minimum Gasteiger partial charge on any atom is -0.480 e. The Morgan fingerprint density at radius 2 is 1.70 bits per heavy atom. The van der Waals surface area contributed by atoms with Gasteiger partial charge in [-0.2, -0.15) is 0 Å². The molecule has 0 unspecified atom stereocenters. The number of hydrogen-bond acceptors (Lipinski definition) is 7. The van der Waals surface area contributed by atoms with E-state index in [1.807, 2.05) is 55.7 Å². The first-order valence-corrected chi connectivity index (χ1v) is 15.9. The molecular weight excluding hydrogens is 654 g/mol. The van der Waals surface area contributed by atoms with E-state index in [9.17, 15) is 37.9 Å². The Morgan fingerprint density at radius 3 is 2.30 bits per heavy atom. The molecule has 1 aromatic heterocycles. The summed E-state index contributed by atoms with van der Waals surface area (Å²) in [5.41, 5.74) is 12.4. The number of hydrogen-bond donors (Lipinski definition) is 6. The second kappa shape index (κ2) is 17.5. The highest BCUT2D eigenvalue weighted by Crippen LogP contribution is 2.41. The first-order chi connectivity index (χ1) is 23.5. The predicted octanol–water partition coefficient (Wildman–Crippen LogP) is 2.06. The number of halogens is 2. The number of carbonyl (C=O) groups excluding carboxylic acids is 4. The quantitative estimate of drug-likeness (QED) is 0.123. The van der Waals surface area contributed by atoms with Gasteiger partial charge in [0.1, 0.15) is 24.3 Å². The smallest absolute Gasteiger partial charge is 0.326 e. The number of aromatic nitrogens is 1. The van der Waals surface area contributed by atoms with Crippen LogP contribution in [0.3, 0.4) is 0 Å². The van der Waals surface area contributed by atoms with Crippen LogP contribution in [0.5, 0.6) is 0 Å². The molecule has 0 radical (unpaired) electrons. The van der Waals surface area contributed by atoms with Gasteiger partial charge >= 0.3 is 5.97 Å². The van der Waals surface area contributed by atoms with Crippen molar-refractivity contribution in [2.24, 2.45) is 16.9 Å². The molecule has 13 nitrogen and oxygen atoms in total. The number of rotatable bonds is 17. The molecular formula is C35H44F2N6O7. The number of amides is 4. The van der Waals surface area contributed by atoms with Crippen LogP contribution in [0.1, 0.15) is 57.3 Å². The molecule has 15 heteroatoms. The molecule has 270 valence electrons. The van der Waals surface area contributed by atoms with E-state index < -0.39 is 77.8 Å². The van der Waals surface area contributed by atoms with Gasteiger partial charge in [-0.1, -0.05) is 51.1 Å². The lowest BCUT2D eigenvalue weighted by atomic mass is 9.82. The third kappa shape index (κ3) is 10.9. The summed E-state index contributed by atoms with van der Waals surface area (Å²) < 4.78 is 31.0. The van der Waals surface area contributed by atoms with Crippen molar-refractivity contribution < 1.29 is 43.0 Å². The Bertz CT molecular complexity index is 1680. The van der Waals surface area contributed by atoms with E-state index in [-0.39, 0.29) is 31.5 Å². The number of carboxylic acids is 1. The molecule has 0 bridgehead atoms. The van der Waals surface area contributed by atoms with E-state index in [2.05, 4.69) is 10.6 Å². The fraction of sp³-hybridized carbons (Fsp3) is 0.400. The summed E-state index contributed by atoms with van der Waals surface area (Å²) in [4.78, 5) is 62.1. The SMILES string of the molecule is CC(C)(C)[C@H](c1cc(-c2cc(F)ccc2F)cn1Cc1ccccc1)N(CC[C@H](N)C(=O)NCCC(=O)N[C@@H](CC(N)=O)C(=O)O)C(=O)CO. The summed E-state index contributed by atoms with van der Waals surface area (Å²) in [6.45, 7) is 4.85. The molecule has 0 aliphatic carbocycles. The van der Waals surface area contributed by atoms with E-state index in [0.717, 1.165) is 23.8 Å². The van der Waals surface area contributed by atoms with Gasteiger partial charge in [0.15, 0.2) is 0 Å². The van der Waals surface area contributed by atoms with E-state index in [0.29, 0.717) is 17.8 Å². The van der Waals surface area contributed by atoms with Gasteiger partial charge in [0, 0.05) is 49.1 Å². The Morgan fingerprint density at radius 1 is 1.02 bits per heavy atom. The topological polar surface area (TPSA) is 210 Å². The first kappa shape index (κ1) is 39.3. The Labute approximate surface area is 288 Å². The van der Waals surface area contributed by atoms with Crippen molar-refractivity contribution in [2.45, 2.75) is 64.7 Å². The number of aliphatic hydroxyl groups excluding tert-OH is 1. The maximum absolute atomic E-state index is 15.0. The highest BCUT2D eigenvalue weighted by molar-refractivity contribution is 5.88. The van der Waals surface area contributed by atoms with Crippen LogP contribution in [0, 0.1) is 17.0 Å². The van der Waals surface area contributed by atoms with E-state index in [1.165, 1.54) is 4.90 Å². The van der Waals surface area contributed by atoms with E-state index >= 15 is 0 Å². The maximum atomic E-state index is 15.0. The summed E-state index contributed by atoms with van der Waals surface area (Å²) >= 11 is 0. The van der Waals surface area contributed by atoms with Gasteiger partial charge in [-0.15, -0.1) is 0 Å². The number of aliphatic hydroxyl groups is 1. The molecule has 3 aromatic rings. The number of nitrogens with zero attached hydrogens (tertiary/aromatic N) is 2. The molecule has 1 heterocycles. The average Bonchev–Trinajstić information content (AvgIpc) is 3.44. The minimum absolute atomic E-state index is 0.0319. The second-order valence-corrected chi connectivity index (χ2v) is 13.0. The van der Waals surface area contributed by atoms with Crippen molar-refractivity contribution >= 4 is 29.6 Å². The molecule has 0 aliphatic heterocycles. The van der Waals surface area contributed by atoms with Crippen LogP contribution < -0.4 is 22.1 Å². The monoisotopic (exact) mass is 698 g/mol. The van der Waals surface area contributed by atoms with Gasteiger partial charge in [-0.25, -0.2) is 13.6 Å². The average molecular weight is 699 g/mol. The number of carbonyl (C=O) groups is 5. The third-order valence-electron chi connectivity index (χ3n) is 7.94. The molecule has 0 spiro atoms. The fourth-order valence-electron chi connectivity index (χ4n) is 5.61. The van der Waals surface area contributed by atoms with E-state index in [1.54, 1.807) is 12.3 Å². The fourth-order valence-corrected chi connectivity index (χ4v) is 5.61. The summed E-state index contributed by atoms with van der Waals surface area (Å²) in [7, 11) is 0. The molecule has 0 saturated carbocycles. The van der Waals surface area contributed by atoms with Crippen molar-refractivity contribution in [1.29, 1.82) is 0 Å². The lowest BCUT2D eigenvalue weighted by Gasteiger charge is -2.41. The minimum atomic E-state index is -1.51. The van der Waals surface area contributed by atoms with Gasteiger partial charge in [-0.05, 0) is 41.7 Å². The summed E-state index contributed by atoms with van der Waals surface area (Å²) in [6.07, 6.45) is 0.717. The summed E-state index contributed by atoms with van der Waals surface area (Å²) in [5.74, 6) is -5.64. The molecule has 0 fully saturated rings. The number of nitrogens with two attached hydrogens (primary N) is 2. The van der Waals surface area contributed by atoms with Crippen LogP contribution in [0.25, 0.3) is 11.1 Å². The maximum Gasteiger partial charge on any atom is 0.326 e. The molecule has 50 heavy (non-hydrogen) atoms. The van der Waals surface area contributed by atoms with Gasteiger partial charge in [-0.3, -0.25) is 19.2 Å². The number of benzene rings is 2. The zero-order valence-electron chi connectivity index (χ0n) is 28.2. The Hall–Kier alpha value is -5.15. The summed E-state index contributed by atoms with van der Waals surface area (Å²) in [5, 5.41) is 23.8. The van der Waals surface area contributed by atoms with Crippen LogP contribution in [-0.2, 0) is 30.5 Å². The highest BCUT2D eigenvalue weighted by Gasteiger charge is 2.37. The van der Waals surface area contributed by atoms with Crippen LogP contribution in [0.2, 0.25) is 0 Å². The van der Waals surface area contributed by atoms with Crippen LogP contribution in [0.15, 0.2) is 60.8 Å². The zero-order chi connectivity index (χ0) is 37.2. The van der Waals surface area contributed by atoms with Gasteiger partial charge in [0.25, 0.3) is 0 Å². The van der Waals surface area contributed by atoms with Crippen molar-refractivity contribution in [3.05, 3.63) is 83.7 Å².